The number of carbonyl (C=O) groups is 4. The van der Waals surface area contributed by atoms with Gasteiger partial charge in [0.2, 0.25) is 0 Å². The van der Waals surface area contributed by atoms with Crippen molar-refractivity contribution in [2.75, 3.05) is 26.4 Å². The minimum atomic E-state index is -1.11. The molecule has 0 fully saturated rings. The highest BCUT2D eigenvalue weighted by atomic mass is 32.1. The summed E-state index contributed by atoms with van der Waals surface area (Å²) in [5.74, 6) is -1.27. The third-order valence-electron chi connectivity index (χ3n) is 12.7. The SMILES string of the molecule is CCCCCCCCCCCCCCC(=O)S.CCc1cc(CCC(=O)O)cc(CC)c1O.CCc1cc(CCC(=O)O)cc(CC)c1O.CCc1cc(CCC(=O)O)cc(CC)c1O.OCC(CO)(CO)CO. The lowest BCUT2D eigenvalue weighted by Crippen LogP contribution is -2.37. The van der Waals surface area contributed by atoms with Gasteiger partial charge >= 0.3 is 17.9 Å². The van der Waals surface area contributed by atoms with Crippen LogP contribution in [0.25, 0.3) is 0 Å². The van der Waals surface area contributed by atoms with Crippen LogP contribution in [-0.4, -0.2) is 101 Å². The van der Waals surface area contributed by atoms with Crippen molar-refractivity contribution < 1.29 is 70.2 Å². The molecule has 10 N–H and O–H groups in total. The van der Waals surface area contributed by atoms with Crippen molar-refractivity contribution >= 4 is 35.7 Å². The maximum Gasteiger partial charge on any atom is 0.303 e. The number of aliphatic hydroxyl groups is 4. The highest BCUT2D eigenvalue weighted by Crippen LogP contribution is 2.29. The second-order valence-electron chi connectivity index (χ2n) is 18.8. The van der Waals surface area contributed by atoms with Crippen LogP contribution in [0.1, 0.15) is 201 Å². The summed E-state index contributed by atoms with van der Waals surface area (Å²) >= 11 is 3.77. The van der Waals surface area contributed by atoms with Crippen LogP contribution in [0.4, 0.5) is 0 Å². The molecule has 0 aliphatic heterocycles. The van der Waals surface area contributed by atoms with E-state index in [0.717, 1.165) is 95.0 Å². The Labute approximate surface area is 448 Å². The van der Waals surface area contributed by atoms with Crippen LogP contribution in [0.3, 0.4) is 0 Å². The number of aryl methyl sites for hydroxylation is 9. The van der Waals surface area contributed by atoms with Crippen molar-refractivity contribution in [2.24, 2.45) is 5.41 Å². The van der Waals surface area contributed by atoms with Crippen LogP contribution in [-0.2, 0) is 77.0 Å². The molecule has 0 saturated carbocycles. The normalized spacial score (nSPS) is 10.6. The molecule has 0 radical (unpaired) electrons. The summed E-state index contributed by atoms with van der Waals surface area (Å²) in [5, 5.41) is 89.5. The molecular formula is C59H96O14S. The van der Waals surface area contributed by atoms with E-state index in [0.29, 0.717) is 42.9 Å². The Bertz CT molecular complexity index is 1740. The molecule has 0 heterocycles. The average molecular weight is 1060 g/mol. The number of hydrogen-bond acceptors (Lipinski definition) is 11. The van der Waals surface area contributed by atoms with Gasteiger partial charge in [-0.3, -0.25) is 19.2 Å². The fourth-order valence-corrected chi connectivity index (χ4v) is 7.88. The van der Waals surface area contributed by atoms with Crippen LogP contribution in [0.15, 0.2) is 36.4 Å². The molecular weight excluding hydrogens is 965 g/mol. The second-order valence-corrected chi connectivity index (χ2v) is 19.3. The van der Waals surface area contributed by atoms with E-state index < -0.39 is 49.8 Å². The van der Waals surface area contributed by atoms with Gasteiger partial charge < -0.3 is 51.1 Å². The van der Waals surface area contributed by atoms with Gasteiger partial charge in [-0.1, -0.05) is 155 Å². The second kappa shape index (κ2) is 43.6. The number of aliphatic hydroxyl groups excluding tert-OH is 4. The summed E-state index contributed by atoms with van der Waals surface area (Å²) < 4.78 is 0. The third kappa shape index (κ3) is 31.9. The Hall–Kier alpha value is -4.67. The molecule has 14 nitrogen and oxygen atoms in total. The highest BCUT2D eigenvalue weighted by molar-refractivity contribution is 7.96. The molecule has 15 heteroatoms. The molecule has 0 bridgehead atoms. The van der Waals surface area contributed by atoms with Crippen molar-refractivity contribution in [3.05, 3.63) is 86.5 Å². The van der Waals surface area contributed by atoms with Gasteiger partial charge in [-0.2, -0.15) is 0 Å². The third-order valence-corrected chi connectivity index (χ3v) is 13.0. The summed E-state index contributed by atoms with van der Waals surface area (Å²) in [4.78, 5) is 42.1. The van der Waals surface area contributed by atoms with Gasteiger partial charge in [0.05, 0.1) is 31.8 Å². The molecule has 0 unspecified atom stereocenters. The van der Waals surface area contributed by atoms with E-state index in [-0.39, 0.29) is 24.4 Å². The van der Waals surface area contributed by atoms with Gasteiger partial charge in [0.25, 0.3) is 0 Å². The zero-order chi connectivity index (χ0) is 56.5. The van der Waals surface area contributed by atoms with Gasteiger partial charge in [-0.25, -0.2) is 0 Å². The standard InChI is InChI=1S/C15H30OS.3C13H18O3.C5H12O4/c1-2-3-4-5-6-7-8-9-10-11-12-13-14-15(16)17;3*1-3-10-7-9(5-6-12(14)15)8-11(4-2)13(10)16;6-1-5(2-7,3-8)4-9/h2-14H2,1H3,(H,16,17);3*7-8,16H,3-6H2,1-2H3,(H,14,15);6-9H,1-4H2. The fourth-order valence-electron chi connectivity index (χ4n) is 7.72. The molecule has 0 aliphatic rings. The van der Waals surface area contributed by atoms with Crippen molar-refractivity contribution in [1.82, 2.24) is 0 Å². The fraction of sp³-hybridized carbons (Fsp3) is 0.627. The van der Waals surface area contributed by atoms with E-state index in [1.165, 1.54) is 70.6 Å². The predicted octanol–water partition coefficient (Wildman–Crippen LogP) is 11.1. The Morgan fingerprint density at radius 2 is 0.595 bits per heavy atom. The Kier molecular flexibility index (Phi) is 42.0. The first-order valence-electron chi connectivity index (χ1n) is 27.1. The predicted molar refractivity (Wildman–Crippen MR) is 299 cm³/mol. The van der Waals surface area contributed by atoms with E-state index in [4.69, 9.17) is 35.7 Å². The Morgan fingerprint density at radius 3 is 0.757 bits per heavy atom. The number of unbranched alkanes of at least 4 members (excludes halogenated alkanes) is 11. The quantitative estimate of drug-likeness (QED) is 0.0205. The molecule has 0 amide bonds. The first-order valence-corrected chi connectivity index (χ1v) is 27.5. The topological polar surface area (TPSA) is 271 Å². The van der Waals surface area contributed by atoms with Gasteiger partial charge in [0.15, 0.2) is 5.12 Å². The number of carboxylic acid groups (broad SMARTS) is 3. The highest BCUT2D eigenvalue weighted by Gasteiger charge is 2.26. The smallest absolute Gasteiger partial charge is 0.303 e. The molecule has 3 aromatic rings. The summed E-state index contributed by atoms with van der Waals surface area (Å²) in [7, 11) is 0. The summed E-state index contributed by atoms with van der Waals surface area (Å²) in [5.41, 5.74) is 7.29. The van der Waals surface area contributed by atoms with Gasteiger partial charge in [-0.05, 0) is 114 Å². The first kappa shape index (κ1) is 71.4. The monoisotopic (exact) mass is 1060 g/mol. The van der Waals surface area contributed by atoms with Crippen molar-refractivity contribution in [2.45, 2.75) is 209 Å². The first-order chi connectivity index (χ1) is 35.2. The van der Waals surface area contributed by atoms with E-state index in [1.807, 2.05) is 77.9 Å². The van der Waals surface area contributed by atoms with Crippen LogP contribution in [0.2, 0.25) is 0 Å². The molecule has 0 aliphatic carbocycles. The Balaban J connectivity index is 0. The van der Waals surface area contributed by atoms with Crippen LogP contribution >= 0.6 is 12.6 Å². The zero-order valence-electron chi connectivity index (χ0n) is 46.0. The molecule has 0 atom stereocenters. The van der Waals surface area contributed by atoms with Crippen LogP contribution < -0.4 is 0 Å². The molecule has 422 valence electrons. The molecule has 0 spiro atoms. The number of carboxylic acids is 3. The van der Waals surface area contributed by atoms with Crippen LogP contribution in [0.5, 0.6) is 17.2 Å². The van der Waals surface area contributed by atoms with Crippen molar-refractivity contribution in [3.63, 3.8) is 0 Å². The lowest BCUT2D eigenvalue weighted by atomic mass is 9.93. The number of benzene rings is 3. The summed E-state index contributed by atoms with van der Waals surface area (Å²) in [6.07, 6.45) is 23.3. The van der Waals surface area contributed by atoms with Crippen molar-refractivity contribution in [3.8, 4) is 17.2 Å². The lowest BCUT2D eigenvalue weighted by molar-refractivity contribution is -0.138. The number of rotatable bonds is 32. The minimum absolute atomic E-state index is 0.0390. The van der Waals surface area contributed by atoms with Crippen LogP contribution in [0, 0.1) is 5.41 Å². The van der Waals surface area contributed by atoms with E-state index in [1.54, 1.807) is 0 Å². The Morgan fingerprint density at radius 1 is 0.378 bits per heavy atom. The van der Waals surface area contributed by atoms with E-state index >= 15 is 0 Å². The number of phenols is 3. The summed E-state index contributed by atoms with van der Waals surface area (Å²) in [6.45, 7) is 12.5. The van der Waals surface area contributed by atoms with E-state index in [2.05, 4.69) is 19.6 Å². The molecule has 0 aromatic heterocycles. The lowest BCUT2D eigenvalue weighted by Gasteiger charge is -2.23. The minimum Gasteiger partial charge on any atom is -0.507 e. The molecule has 3 rings (SSSR count). The molecule has 74 heavy (non-hydrogen) atoms. The number of thiol groups is 1. The maximum atomic E-state index is 10.6. The summed E-state index contributed by atoms with van der Waals surface area (Å²) in [6, 6.07) is 11.4. The van der Waals surface area contributed by atoms with Crippen molar-refractivity contribution in [1.29, 1.82) is 0 Å². The maximum absolute atomic E-state index is 10.6. The van der Waals surface area contributed by atoms with E-state index in [9.17, 15) is 34.5 Å². The van der Waals surface area contributed by atoms with Gasteiger partial charge in [0, 0.05) is 25.7 Å². The number of hydrogen-bond donors (Lipinski definition) is 11. The number of aliphatic carboxylic acids is 3. The molecule has 3 aromatic carbocycles. The number of carbonyl (C=O) groups excluding carboxylic acids is 1. The van der Waals surface area contributed by atoms with Gasteiger partial charge in [0.1, 0.15) is 17.2 Å². The zero-order valence-corrected chi connectivity index (χ0v) is 46.9. The average Bonchev–Trinajstić information content (AvgIpc) is 3.39. The molecule has 0 saturated heterocycles. The number of aromatic hydroxyl groups is 3. The van der Waals surface area contributed by atoms with Gasteiger partial charge in [-0.15, -0.1) is 12.6 Å². The largest absolute Gasteiger partial charge is 0.507 e. The number of phenolic OH excluding ortho intramolecular Hbond substituents is 3.